The zero-order valence-corrected chi connectivity index (χ0v) is 16.9. The summed E-state index contributed by atoms with van der Waals surface area (Å²) in [6.07, 6.45) is 0. The average Bonchev–Trinajstić information content (AvgIpc) is 3.16. The van der Waals surface area contributed by atoms with Crippen LogP contribution in [0.4, 0.5) is 0 Å². The van der Waals surface area contributed by atoms with Gasteiger partial charge >= 0.3 is 0 Å². The maximum Gasteiger partial charge on any atom is 0.0992 e. The first-order valence-electron chi connectivity index (χ1n) is 6.78. The molecule has 5 heteroatoms. The van der Waals surface area contributed by atoms with E-state index in [0.717, 1.165) is 9.17 Å². The Hall–Kier alpha value is -1.19. The van der Waals surface area contributed by atoms with Crippen molar-refractivity contribution in [1.82, 2.24) is 0 Å². The number of hydrogen-bond donors (Lipinski definition) is 0. The quantitative estimate of drug-likeness (QED) is 0.264. The zero-order chi connectivity index (χ0) is 16.4. The van der Waals surface area contributed by atoms with Crippen molar-refractivity contribution in [3.8, 4) is 6.07 Å². The fourth-order valence-electron chi connectivity index (χ4n) is 2.25. The first-order chi connectivity index (χ1) is 11.1. The minimum Gasteiger partial charge on any atom is -0.192 e. The molecule has 2 aromatic carbocycles. The van der Waals surface area contributed by atoms with Crippen LogP contribution in [0, 0.1) is 18.3 Å². The lowest BCUT2D eigenvalue weighted by molar-refractivity contribution is 1.49. The third kappa shape index (κ3) is 3.67. The van der Waals surface area contributed by atoms with Crippen molar-refractivity contribution in [3.63, 3.8) is 0 Å². The van der Waals surface area contributed by atoms with E-state index in [9.17, 15) is 0 Å². The highest BCUT2D eigenvalue weighted by Gasteiger charge is 2.02. The molecule has 4 aromatic rings. The molecule has 23 heavy (non-hydrogen) atoms. The minimum absolute atomic E-state index is 0.705. The van der Waals surface area contributed by atoms with Crippen molar-refractivity contribution in [2.24, 2.45) is 0 Å². The second kappa shape index (κ2) is 7.14. The van der Waals surface area contributed by atoms with Gasteiger partial charge in [-0.15, -0.1) is 22.7 Å². The Balaban J connectivity index is 0.000000136. The lowest BCUT2D eigenvalue weighted by Gasteiger charge is -1.95. The van der Waals surface area contributed by atoms with Gasteiger partial charge in [0.05, 0.1) is 11.6 Å². The molecule has 114 valence electrons. The monoisotopic (exact) mass is 463 g/mol. The van der Waals surface area contributed by atoms with E-state index in [1.165, 1.54) is 25.5 Å². The van der Waals surface area contributed by atoms with E-state index < -0.39 is 0 Å². The van der Waals surface area contributed by atoms with Crippen molar-refractivity contribution in [2.75, 3.05) is 0 Å². The molecule has 0 aliphatic rings. The first-order valence-corrected chi connectivity index (χ1v) is 10.1. The van der Waals surface area contributed by atoms with Crippen LogP contribution in [0.5, 0.6) is 0 Å². The SMILES string of the molecule is Cc1cc(Br)c2ccsc2c1.N#Cc1cc(Br)c2ccsc2c1. The molecular weight excluding hydrogens is 454 g/mol. The second-order valence-corrected chi connectivity index (χ2v) is 8.59. The van der Waals surface area contributed by atoms with Crippen LogP contribution in [-0.4, -0.2) is 0 Å². The van der Waals surface area contributed by atoms with Crippen LogP contribution in [0.1, 0.15) is 11.1 Å². The molecule has 0 unspecified atom stereocenters. The highest BCUT2D eigenvalue weighted by atomic mass is 79.9. The highest BCUT2D eigenvalue weighted by molar-refractivity contribution is 9.11. The van der Waals surface area contributed by atoms with Crippen molar-refractivity contribution in [2.45, 2.75) is 6.92 Å². The largest absolute Gasteiger partial charge is 0.192 e. The average molecular weight is 465 g/mol. The van der Waals surface area contributed by atoms with E-state index in [0.29, 0.717) is 5.56 Å². The van der Waals surface area contributed by atoms with Crippen LogP contribution in [0.25, 0.3) is 20.2 Å². The van der Waals surface area contributed by atoms with Crippen LogP contribution in [0.3, 0.4) is 0 Å². The third-order valence-corrected chi connectivity index (χ3v) is 6.36. The Morgan fingerprint density at radius 2 is 1.43 bits per heavy atom. The van der Waals surface area contributed by atoms with E-state index in [2.05, 4.69) is 68.4 Å². The lowest BCUT2D eigenvalue weighted by Crippen LogP contribution is -1.73. The standard InChI is InChI=1S/C9H4BrNS.C9H7BrS/c10-8-3-6(5-11)4-9-7(8)1-2-12-9;1-6-4-8(10)7-2-3-11-9(7)5-6/h1-4H;2-5H,1H3. The fourth-order valence-corrected chi connectivity index (χ4v) is 5.57. The third-order valence-electron chi connectivity index (χ3n) is 3.32. The molecule has 0 aliphatic heterocycles. The first kappa shape index (κ1) is 16.7. The summed E-state index contributed by atoms with van der Waals surface area (Å²) < 4.78 is 4.71. The molecule has 0 aliphatic carbocycles. The van der Waals surface area contributed by atoms with Crippen molar-refractivity contribution >= 4 is 74.7 Å². The van der Waals surface area contributed by atoms with Gasteiger partial charge in [-0.1, -0.05) is 31.9 Å². The Morgan fingerprint density at radius 3 is 2.04 bits per heavy atom. The van der Waals surface area contributed by atoms with Gasteiger partial charge in [0, 0.05) is 29.1 Å². The molecule has 0 saturated heterocycles. The van der Waals surface area contributed by atoms with E-state index in [1.54, 1.807) is 22.7 Å². The van der Waals surface area contributed by atoms with Gasteiger partial charge in [0.15, 0.2) is 0 Å². The number of thiophene rings is 2. The maximum absolute atomic E-state index is 8.69. The van der Waals surface area contributed by atoms with Crippen LogP contribution >= 0.6 is 54.5 Å². The predicted octanol–water partition coefficient (Wildman–Crippen LogP) is 7.51. The molecule has 0 bridgehead atoms. The fraction of sp³-hybridized carbons (Fsp3) is 0.0556. The number of aryl methyl sites for hydroxylation is 1. The normalized spacial score (nSPS) is 10.3. The summed E-state index contributed by atoms with van der Waals surface area (Å²) in [4.78, 5) is 0. The van der Waals surface area contributed by atoms with Gasteiger partial charge in [0.25, 0.3) is 0 Å². The smallest absolute Gasteiger partial charge is 0.0992 e. The molecule has 0 fully saturated rings. The molecular formula is C18H11Br2NS2. The predicted molar refractivity (Wildman–Crippen MR) is 109 cm³/mol. The molecule has 2 aromatic heterocycles. The Labute approximate surface area is 159 Å². The van der Waals surface area contributed by atoms with Crippen LogP contribution in [0.15, 0.2) is 56.1 Å². The summed E-state index contributed by atoms with van der Waals surface area (Å²) in [6, 6.07) is 14.4. The van der Waals surface area contributed by atoms with Gasteiger partial charge in [0.1, 0.15) is 0 Å². The number of hydrogen-bond acceptors (Lipinski definition) is 3. The number of benzene rings is 2. The van der Waals surface area contributed by atoms with Gasteiger partial charge in [-0.05, 0) is 59.6 Å². The van der Waals surface area contributed by atoms with E-state index in [4.69, 9.17) is 5.26 Å². The van der Waals surface area contributed by atoms with Gasteiger partial charge < -0.3 is 0 Å². The summed E-state index contributed by atoms with van der Waals surface area (Å²) in [7, 11) is 0. The zero-order valence-electron chi connectivity index (χ0n) is 12.1. The summed E-state index contributed by atoms with van der Waals surface area (Å²) >= 11 is 10.4. The van der Waals surface area contributed by atoms with Gasteiger partial charge in [0.2, 0.25) is 0 Å². The molecule has 4 rings (SSSR count). The molecule has 2 heterocycles. The molecule has 0 atom stereocenters. The van der Waals surface area contributed by atoms with Crippen molar-refractivity contribution in [3.05, 3.63) is 67.2 Å². The Bertz CT molecular complexity index is 1020. The highest BCUT2D eigenvalue weighted by Crippen LogP contribution is 2.30. The van der Waals surface area contributed by atoms with Gasteiger partial charge in [-0.25, -0.2) is 0 Å². The number of halogens is 2. The Kier molecular flexibility index (Phi) is 5.17. The summed E-state index contributed by atoms with van der Waals surface area (Å²) in [5.74, 6) is 0. The van der Waals surface area contributed by atoms with Crippen LogP contribution < -0.4 is 0 Å². The van der Waals surface area contributed by atoms with Crippen molar-refractivity contribution < 1.29 is 0 Å². The lowest BCUT2D eigenvalue weighted by atomic mass is 10.2. The molecule has 1 nitrogen and oxygen atoms in total. The van der Waals surface area contributed by atoms with Crippen LogP contribution in [-0.2, 0) is 0 Å². The summed E-state index contributed by atoms with van der Waals surface area (Å²) in [5.41, 5.74) is 2.02. The number of fused-ring (bicyclic) bond motifs is 2. The maximum atomic E-state index is 8.69. The van der Waals surface area contributed by atoms with E-state index in [1.807, 2.05) is 23.6 Å². The molecule has 0 saturated carbocycles. The van der Waals surface area contributed by atoms with Gasteiger partial charge in [-0.3, -0.25) is 0 Å². The molecule has 0 amide bonds. The minimum atomic E-state index is 0.705. The molecule has 0 spiro atoms. The molecule has 0 N–H and O–H groups in total. The molecule has 0 radical (unpaired) electrons. The van der Waals surface area contributed by atoms with Crippen LogP contribution in [0.2, 0.25) is 0 Å². The second-order valence-electron chi connectivity index (χ2n) is 4.98. The van der Waals surface area contributed by atoms with E-state index >= 15 is 0 Å². The number of nitriles is 1. The number of nitrogens with zero attached hydrogens (tertiary/aromatic N) is 1. The Morgan fingerprint density at radius 1 is 0.870 bits per heavy atom. The van der Waals surface area contributed by atoms with E-state index in [-0.39, 0.29) is 0 Å². The van der Waals surface area contributed by atoms with Gasteiger partial charge in [-0.2, -0.15) is 5.26 Å². The topological polar surface area (TPSA) is 23.8 Å². The van der Waals surface area contributed by atoms with Crippen molar-refractivity contribution in [1.29, 1.82) is 5.26 Å². The number of rotatable bonds is 0. The summed E-state index contributed by atoms with van der Waals surface area (Å²) in [6.45, 7) is 2.11. The summed E-state index contributed by atoms with van der Waals surface area (Å²) in [5, 5.41) is 15.3.